The Kier molecular flexibility index (Phi) is 3.41. The first-order valence-electron chi connectivity index (χ1n) is 5.80. The molecular formula is C12H21NO4. The molecule has 17 heavy (non-hydrogen) atoms. The number of hydrogen-bond acceptors (Lipinski definition) is 3. The minimum absolute atomic E-state index is 0.467. The first-order chi connectivity index (χ1) is 7.54. The zero-order chi connectivity index (χ0) is 13.4. The third-order valence-corrected chi connectivity index (χ3v) is 2.87. The lowest BCUT2D eigenvalue weighted by atomic mass is 10.0. The molecule has 1 aliphatic heterocycles. The lowest BCUT2D eigenvalue weighted by Crippen LogP contribution is -2.51. The first-order valence-corrected chi connectivity index (χ1v) is 5.80. The summed E-state index contributed by atoms with van der Waals surface area (Å²) in [6.07, 6.45) is 0.595. The second-order valence-corrected chi connectivity index (χ2v) is 6.06. The summed E-state index contributed by atoms with van der Waals surface area (Å²) in [5.41, 5.74) is -1.08. The number of aliphatic carboxylic acids is 1. The number of rotatable bonds is 1. The number of carbonyl (C=O) groups is 2. The Bertz CT molecular complexity index is 330. The maximum Gasteiger partial charge on any atom is 0.411 e. The predicted octanol–water partition coefficient (Wildman–Crippen LogP) is 2.25. The lowest BCUT2D eigenvalue weighted by molar-refractivity contribution is -0.143. The number of amides is 1. The molecule has 1 saturated heterocycles. The number of likely N-dealkylation sites (tertiary alicyclic amines) is 1. The van der Waals surface area contributed by atoms with Crippen LogP contribution >= 0.6 is 0 Å². The number of carbonyl (C=O) groups excluding carboxylic acids is 1. The fourth-order valence-electron chi connectivity index (χ4n) is 2.08. The molecule has 0 aromatic carbocycles. The van der Waals surface area contributed by atoms with Crippen LogP contribution in [0.25, 0.3) is 0 Å². The normalized spacial score (nSPS) is 23.6. The smallest absolute Gasteiger partial charge is 0.411 e. The highest BCUT2D eigenvalue weighted by atomic mass is 16.6. The van der Waals surface area contributed by atoms with Gasteiger partial charge in [-0.05, 0) is 47.5 Å². The second kappa shape index (κ2) is 4.20. The Labute approximate surface area is 102 Å². The average molecular weight is 243 g/mol. The molecule has 0 radical (unpaired) electrons. The molecule has 0 spiro atoms. The van der Waals surface area contributed by atoms with E-state index in [1.54, 1.807) is 20.8 Å². The number of hydrogen-bond donors (Lipinski definition) is 1. The van der Waals surface area contributed by atoms with Crippen molar-refractivity contribution < 1.29 is 19.4 Å². The van der Waals surface area contributed by atoms with Gasteiger partial charge in [-0.3, -0.25) is 4.90 Å². The van der Waals surface area contributed by atoms with E-state index in [9.17, 15) is 9.59 Å². The van der Waals surface area contributed by atoms with Crippen LogP contribution in [0.2, 0.25) is 0 Å². The molecule has 0 aromatic heterocycles. The lowest BCUT2D eigenvalue weighted by Gasteiger charge is -2.35. The van der Waals surface area contributed by atoms with Gasteiger partial charge in [0.25, 0.3) is 0 Å². The van der Waals surface area contributed by atoms with Gasteiger partial charge < -0.3 is 9.84 Å². The minimum Gasteiger partial charge on any atom is -0.480 e. The first kappa shape index (κ1) is 13.8. The van der Waals surface area contributed by atoms with Gasteiger partial charge in [-0.2, -0.15) is 0 Å². The van der Waals surface area contributed by atoms with Crippen molar-refractivity contribution in [2.45, 2.75) is 64.6 Å². The molecule has 1 aliphatic rings. The van der Waals surface area contributed by atoms with E-state index in [1.807, 2.05) is 13.8 Å². The maximum absolute atomic E-state index is 12.0. The van der Waals surface area contributed by atoms with E-state index in [1.165, 1.54) is 4.90 Å². The Morgan fingerprint density at radius 3 is 2.29 bits per heavy atom. The SMILES string of the molecule is CC(C)(C)OC(=O)N1[C@@H](C(=O)O)CCC1(C)C. The second-order valence-electron chi connectivity index (χ2n) is 6.06. The largest absolute Gasteiger partial charge is 0.480 e. The number of carboxylic acids is 1. The zero-order valence-corrected chi connectivity index (χ0v) is 11.1. The van der Waals surface area contributed by atoms with Crippen LogP contribution in [0, 0.1) is 0 Å². The van der Waals surface area contributed by atoms with Gasteiger partial charge in [-0.1, -0.05) is 0 Å². The van der Waals surface area contributed by atoms with Crippen molar-refractivity contribution in [1.82, 2.24) is 4.90 Å². The summed E-state index contributed by atoms with van der Waals surface area (Å²) in [5.74, 6) is -0.971. The van der Waals surface area contributed by atoms with Crippen LogP contribution in [-0.4, -0.2) is 39.3 Å². The fraction of sp³-hybridized carbons (Fsp3) is 0.833. The quantitative estimate of drug-likeness (QED) is 0.767. The van der Waals surface area contributed by atoms with Crippen LogP contribution in [0.4, 0.5) is 4.79 Å². The topological polar surface area (TPSA) is 66.8 Å². The summed E-state index contributed by atoms with van der Waals surface area (Å²) in [4.78, 5) is 24.5. The van der Waals surface area contributed by atoms with Gasteiger partial charge in [0.2, 0.25) is 0 Å². The molecule has 1 rings (SSSR count). The minimum atomic E-state index is -0.971. The molecule has 1 atom stereocenters. The molecule has 0 aliphatic carbocycles. The van der Waals surface area contributed by atoms with Gasteiger partial charge in [-0.25, -0.2) is 9.59 Å². The van der Waals surface area contributed by atoms with Crippen LogP contribution in [0.5, 0.6) is 0 Å². The highest BCUT2D eigenvalue weighted by Crippen LogP contribution is 2.34. The van der Waals surface area contributed by atoms with Gasteiger partial charge in [0, 0.05) is 5.54 Å². The Morgan fingerprint density at radius 2 is 1.88 bits per heavy atom. The molecule has 1 amide bonds. The number of carboxylic acid groups (broad SMARTS) is 1. The van der Waals surface area contributed by atoms with Gasteiger partial charge >= 0.3 is 12.1 Å². The van der Waals surface area contributed by atoms with Gasteiger partial charge in [-0.15, -0.1) is 0 Å². The van der Waals surface area contributed by atoms with E-state index >= 15 is 0 Å². The Hall–Kier alpha value is -1.26. The van der Waals surface area contributed by atoms with Gasteiger partial charge in [0.15, 0.2) is 0 Å². The number of ether oxygens (including phenoxy) is 1. The van der Waals surface area contributed by atoms with Crippen molar-refractivity contribution in [2.75, 3.05) is 0 Å². The summed E-state index contributed by atoms with van der Waals surface area (Å²) in [5, 5.41) is 9.11. The molecule has 1 fully saturated rings. The standard InChI is InChI=1S/C12H21NO4/c1-11(2,3)17-10(16)13-8(9(14)15)6-7-12(13,4)5/h8H,6-7H2,1-5H3,(H,14,15)/t8-/m1/s1. The molecule has 5 heteroatoms. The van der Waals surface area contributed by atoms with E-state index in [4.69, 9.17) is 9.84 Å². The molecule has 1 N–H and O–H groups in total. The van der Waals surface area contributed by atoms with E-state index in [0.717, 1.165) is 0 Å². The van der Waals surface area contributed by atoms with Crippen LogP contribution in [0.3, 0.4) is 0 Å². The maximum atomic E-state index is 12.0. The zero-order valence-electron chi connectivity index (χ0n) is 11.1. The molecule has 0 unspecified atom stereocenters. The van der Waals surface area contributed by atoms with E-state index in [2.05, 4.69) is 0 Å². The predicted molar refractivity (Wildman–Crippen MR) is 62.8 cm³/mol. The van der Waals surface area contributed by atoms with Crippen LogP contribution in [-0.2, 0) is 9.53 Å². The van der Waals surface area contributed by atoms with Crippen LogP contribution < -0.4 is 0 Å². The molecule has 0 saturated carbocycles. The molecule has 0 bridgehead atoms. The van der Waals surface area contributed by atoms with Crippen molar-refractivity contribution >= 4 is 12.1 Å². The van der Waals surface area contributed by atoms with Crippen LogP contribution in [0.15, 0.2) is 0 Å². The monoisotopic (exact) mass is 243 g/mol. The fourth-order valence-corrected chi connectivity index (χ4v) is 2.08. The van der Waals surface area contributed by atoms with Crippen molar-refractivity contribution in [3.8, 4) is 0 Å². The molecule has 1 heterocycles. The summed E-state index contributed by atoms with van der Waals surface area (Å²) < 4.78 is 5.26. The van der Waals surface area contributed by atoms with Gasteiger partial charge in [0.1, 0.15) is 11.6 Å². The van der Waals surface area contributed by atoms with Crippen molar-refractivity contribution in [2.24, 2.45) is 0 Å². The Morgan fingerprint density at radius 1 is 1.35 bits per heavy atom. The summed E-state index contributed by atoms with van der Waals surface area (Å²) in [7, 11) is 0. The molecule has 0 aromatic rings. The molecular weight excluding hydrogens is 222 g/mol. The molecule has 98 valence electrons. The van der Waals surface area contributed by atoms with Gasteiger partial charge in [0.05, 0.1) is 0 Å². The molecule has 5 nitrogen and oxygen atoms in total. The number of nitrogens with zero attached hydrogens (tertiary/aromatic N) is 1. The van der Waals surface area contributed by atoms with Crippen molar-refractivity contribution in [1.29, 1.82) is 0 Å². The third-order valence-electron chi connectivity index (χ3n) is 2.87. The highest BCUT2D eigenvalue weighted by Gasteiger charge is 2.47. The van der Waals surface area contributed by atoms with Crippen LogP contribution in [0.1, 0.15) is 47.5 Å². The van der Waals surface area contributed by atoms with E-state index < -0.39 is 29.2 Å². The van der Waals surface area contributed by atoms with Crippen molar-refractivity contribution in [3.63, 3.8) is 0 Å². The van der Waals surface area contributed by atoms with E-state index in [-0.39, 0.29) is 0 Å². The highest BCUT2D eigenvalue weighted by molar-refractivity contribution is 5.81. The Balaban J connectivity index is 2.90. The summed E-state index contributed by atoms with van der Waals surface area (Å²) in [6, 6.07) is -0.778. The third kappa shape index (κ3) is 3.11. The summed E-state index contributed by atoms with van der Waals surface area (Å²) >= 11 is 0. The van der Waals surface area contributed by atoms with Crippen molar-refractivity contribution in [3.05, 3.63) is 0 Å². The average Bonchev–Trinajstić information content (AvgIpc) is 2.37. The summed E-state index contributed by atoms with van der Waals surface area (Å²) in [6.45, 7) is 9.02. The van der Waals surface area contributed by atoms with E-state index in [0.29, 0.717) is 12.8 Å².